The van der Waals surface area contributed by atoms with Gasteiger partial charge in [-0.15, -0.1) is 11.8 Å². The lowest BCUT2D eigenvalue weighted by Gasteiger charge is -2.17. The predicted octanol–water partition coefficient (Wildman–Crippen LogP) is 2.05. The van der Waals surface area contributed by atoms with Gasteiger partial charge in [0.15, 0.2) is 11.5 Å². The van der Waals surface area contributed by atoms with Gasteiger partial charge in [-0.1, -0.05) is 12.1 Å². The van der Waals surface area contributed by atoms with Crippen LogP contribution in [0, 0.1) is 0 Å². The number of amides is 1. The van der Waals surface area contributed by atoms with Crippen LogP contribution in [0.15, 0.2) is 41.6 Å². The number of benzene rings is 1. The Bertz CT molecular complexity index is 600. The maximum Gasteiger partial charge on any atom is 0.276 e. The zero-order valence-corrected chi connectivity index (χ0v) is 12.2. The maximum atomic E-state index is 12.2. The third kappa shape index (κ3) is 3.27. The molecule has 5 nitrogen and oxygen atoms in total. The Hall–Kier alpha value is -2.08. The Labute approximate surface area is 122 Å². The summed E-state index contributed by atoms with van der Waals surface area (Å²) >= 11 is 1.69. The molecule has 0 aliphatic carbocycles. The van der Waals surface area contributed by atoms with E-state index in [2.05, 4.69) is 9.97 Å². The summed E-state index contributed by atoms with van der Waals surface area (Å²) in [6.45, 7) is 0.503. The number of thioether (sulfide) groups is 1. The van der Waals surface area contributed by atoms with E-state index in [4.69, 9.17) is 5.73 Å². The zero-order valence-electron chi connectivity index (χ0n) is 11.4. The van der Waals surface area contributed by atoms with E-state index in [0.29, 0.717) is 6.54 Å². The molecule has 0 radical (unpaired) electrons. The van der Waals surface area contributed by atoms with Crippen molar-refractivity contribution in [2.24, 2.45) is 0 Å². The Morgan fingerprint density at radius 3 is 2.50 bits per heavy atom. The lowest BCUT2D eigenvalue weighted by Crippen LogP contribution is -2.28. The van der Waals surface area contributed by atoms with Crippen LogP contribution in [-0.4, -0.2) is 34.1 Å². The fraction of sp³-hybridized carbons (Fsp3) is 0.214. The van der Waals surface area contributed by atoms with Crippen molar-refractivity contribution in [3.63, 3.8) is 0 Å². The quantitative estimate of drug-likeness (QED) is 0.872. The van der Waals surface area contributed by atoms with Gasteiger partial charge in [0.25, 0.3) is 5.91 Å². The Morgan fingerprint density at radius 1 is 1.25 bits per heavy atom. The molecular formula is C14H16N4OS. The lowest BCUT2D eigenvalue weighted by molar-refractivity contribution is 0.0780. The van der Waals surface area contributed by atoms with Crippen molar-refractivity contribution in [3.8, 4) is 0 Å². The average molecular weight is 288 g/mol. The van der Waals surface area contributed by atoms with Crippen LogP contribution in [0.1, 0.15) is 16.1 Å². The first-order valence-corrected chi connectivity index (χ1v) is 7.29. The number of nitrogens with two attached hydrogens (primary N) is 1. The number of anilines is 1. The molecule has 2 aromatic rings. The van der Waals surface area contributed by atoms with Gasteiger partial charge in [-0.25, -0.2) is 9.97 Å². The van der Waals surface area contributed by atoms with Crippen LogP contribution in [0.2, 0.25) is 0 Å². The normalized spacial score (nSPS) is 10.3. The first-order valence-electron chi connectivity index (χ1n) is 6.06. The summed E-state index contributed by atoms with van der Waals surface area (Å²) in [7, 11) is 1.72. The van der Waals surface area contributed by atoms with E-state index < -0.39 is 0 Å². The number of aromatic nitrogens is 2. The highest BCUT2D eigenvalue weighted by atomic mass is 32.2. The van der Waals surface area contributed by atoms with Gasteiger partial charge in [-0.2, -0.15) is 0 Å². The minimum atomic E-state index is -0.232. The van der Waals surface area contributed by atoms with Crippen LogP contribution >= 0.6 is 11.8 Å². The van der Waals surface area contributed by atoms with E-state index >= 15 is 0 Å². The molecule has 2 N–H and O–H groups in total. The number of rotatable bonds is 4. The fourth-order valence-corrected chi connectivity index (χ4v) is 2.18. The Balaban J connectivity index is 2.09. The average Bonchev–Trinajstić information content (AvgIpc) is 2.48. The smallest absolute Gasteiger partial charge is 0.276 e. The van der Waals surface area contributed by atoms with Crippen molar-refractivity contribution in [2.75, 3.05) is 19.0 Å². The standard InChI is InChI=1S/C14H16N4OS/c1-18(9-10-3-5-11(20-2)6-4-10)14(19)12-13(15)17-8-7-16-12/h3-8H,9H2,1-2H3,(H2,15,17). The SMILES string of the molecule is CSc1ccc(CN(C)C(=O)c2nccnc2N)cc1. The van der Waals surface area contributed by atoms with Crippen LogP contribution < -0.4 is 5.73 Å². The molecule has 0 fully saturated rings. The first kappa shape index (κ1) is 14.3. The monoisotopic (exact) mass is 288 g/mol. The molecule has 0 unspecified atom stereocenters. The molecule has 6 heteroatoms. The summed E-state index contributed by atoms with van der Waals surface area (Å²) in [6.07, 6.45) is 4.96. The molecule has 0 aliphatic rings. The van der Waals surface area contributed by atoms with E-state index in [9.17, 15) is 4.79 Å². The van der Waals surface area contributed by atoms with Crippen LogP contribution in [0.25, 0.3) is 0 Å². The topological polar surface area (TPSA) is 72.1 Å². The Kier molecular flexibility index (Phi) is 4.57. The molecule has 20 heavy (non-hydrogen) atoms. The third-order valence-electron chi connectivity index (χ3n) is 2.85. The molecule has 0 saturated heterocycles. The van der Waals surface area contributed by atoms with Gasteiger partial charge >= 0.3 is 0 Å². The summed E-state index contributed by atoms with van der Waals surface area (Å²) in [5.74, 6) is -0.0772. The molecule has 0 spiro atoms. The minimum Gasteiger partial charge on any atom is -0.382 e. The van der Waals surface area contributed by atoms with Gasteiger partial charge in [0.05, 0.1) is 0 Å². The van der Waals surface area contributed by atoms with Crippen LogP contribution in [0.3, 0.4) is 0 Å². The fourth-order valence-electron chi connectivity index (χ4n) is 1.77. The second-order valence-corrected chi connectivity index (χ2v) is 5.18. The molecule has 1 aromatic carbocycles. The summed E-state index contributed by atoms with van der Waals surface area (Å²) in [5.41, 5.74) is 6.91. The van der Waals surface area contributed by atoms with E-state index in [1.54, 1.807) is 23.7 Å². The minimum absolute atomic E-state index is 0.155. The maximum absolute atomic E-state index is 12.2. The first-order chi connectivity index (χ1) is 9.61. The van der Waals surface area contributed by atoms with Crippen molar-refractivity contribution in [2.45, 2.75) is 11.4 Å². The summed E-state index contributed by atoms with van der Waals surface area (Å²) in [4.78, 5) is 22.9. The number of nitrogens with zero attached hydrogens (tertiary/aromatic N) is 3. The molecule has 0 aliphatic heterocycles. The van der Waals surface area contributed by atoms with Crippen LogP contribution in [-0.2, 0) is 6.54 Å². The van der Waals surface area contributed by atoms with E-state index in [-0.39, 0.29) is 17.4 Å². The highest BCUT2D eigenvalue weighted by Crippen LogP contribution is 2.16. The van der Waals surface area contributed by atoms with E-state index in [0.717, 1.165) is 5.56 Å². The second kappa shape index (κ2) is 6.38. The number of nitrogen functional groups attached to an aromatic ring is 1. The van der Waals surface area contributed by atoms with Gasteiger partial charge < -0.3 is 10.6 Å². The van der Waals surface area contributed by atoms with Crippen molar-refractivity contribution in [1.29, 1.82) is 0 Å². The predicted molar refractivity (Wildman–Crippen MR) is 80.5 cm³/mol. The Morgan fingerprint density at radius 2 is 1.90 bits per heavy atom. The van der Waals surface area contributed by atoms with E-state index in [1.165, 1.54) is 17.3 Å². The summed E-state index contributed by atoms with van der Waals surface area (Å²) in [6, 6.07) is 8.09. The van der Waals surface area contributed by atoms with Crippen molar-refractivity contribution in [3.05, 3.63) is 47.9 Å². The van der Waals surface area contributed by atoms with E-state index in [1.807, 2.05) is 30.5 Å². The molecule has 2 rings (SSSR count). The van der Waals surface area contributed by atoms with Gasteiger partial charge in [0, 0.05) is 30.9 Å². The number of carbonyl (C=O) groups excluding carboxylic acids is 1. The molecule has 104 valence electrons. The molecule has 1 amide bonds. The number of hydrogen-bond acceptors (Lipinski definition) is 5. The summed E-state index contributed by atoms with van der Waals surface area (Å²) < 4.78 is 0. The van der Waals surface area contributed by atoms with Crippen molar-refractivity contribution < 1.29 is 4.79 Å². The molecule has 1 heterocycles. The van der Waals surface area contributed by atoms with Crippen LogP contribution in [0.4, 0.5) is 5.82 Å². The highest BCUT2D eigenvalue weighted by molar-refractivity contribution is 7.98. The zero-order chi connectivity index (χ0) is 14.5. The highest BCUT2D eigenvalue weighted by Gasteiger charge is 2.16. The molecular weight excluding hydrogens is 272 g/mol. The van der Waals surface area contributed by atoms with Gasteiger partial charge in [0.1, 0.15) is 0 Å². The lowest BCUT2D eigenvalue weighted by atomic mass is 10.2. The summed E-state index contributed by atoms with van der Waals surface area (Å²) in [5, 5.41) is 0. The van der Waals surface area contributed by atoms with Gasteiger partial charge in [0.2, 0.25) is 0 Å². The van der Waals surface area contributed by atoms with Crippen molar-refractivity contribution >= 4 is 23.5 Å². The third-order valence-corrected chi connectivity index (χ3v) is 3.60. The van der Waals surface area contributed by atoms with Gasteiger partial charge in [-0.3, -0.25) is 4.79 Å². The number of carbonyl (C=O) groups is 1. The molecule has 1 aromatic heterocycles. The second-order valence-electron chi connectivity index (χ2n) is 4.30. The van der Waals surface area contributed by atoms with Crippen LogP contribution in [0.5, 0.6) is 0 Å². The largest absolute Gasteiger partial charge is 0.382 e. The van der Waals surface area contributed by atoms with Gasteiger partial charge in [-0.05, 0) is 24.0 Å². The molecule has 0 atom stereocenters. The number of hydrogen-bond donors (Lipinski definition) is 1. The molecule has 0 saturated carbocycles. The molecule has 0 bridgehead atoms. The van der Waals surface area contributed by atoms with Crippen molar-refractivity contribution in [1.82, 2.24) is 14.9 Å².